The van der Waals surface area contributed by atoms with Crippen LogP contribution in [0, 0.1) is 5.92 Å². The molecule has 0 radical (unpaired) electrons. The van der Waals surface area contributed by atoms with Crippen LogP contribution in [0.15, 0.2) is 24.5 Å². The number of pyridine rings is 1. The molecule has 0 aliphatic rings. The Kier molecular flexibility index (Phi) is 4.26. The van der Waals surface area contributed by atoms with Gasteiger partial charge in [0.2, 0.25) is 0 Å². The Bertz CT molecular complexity index is 281. The van der Waals surface area contributed by atoms with Crippen LogP contribution in [-0.2, 0) is 0 Å². The zero-order chi connectivity index (χ0) is 10.4. The molecule has 1 rings (SSSR count). The van der Waals surface area contributed by atoms with Crippen LogP contribution >= 0.6 is 0 Å². The van der Waals surface area contributed by atoms with E-state index in [1.54, 1.807) is 24.5 Å². The molecule has 76 valence electrons. The molecule has 14 heavy (non-hydrogen) atoms. The van der Waals surface area contributed by atoms with Crippen LogP contribution in [0.1, 0.15) is 30.1 Å². The van der Waals surface area contributed by atoms with Crippen LogP contribution < -0.4 is 5.73 Å². The topological polar surface area (TPSA) is 56.0 Å². The van der Waals surface area contributed by atoms with Gasteiger partial charge in [0.1, 0.15) is 0 Å². The third kappa shape index (κ3) is 2.92. The summed E-state index contributed by atoms with van der Waals surface area (Å²) in [6.07, 6.45) is 4.74. The summed E-state index contributed by atoms with van der Waals surface area (Å²) >= 11 is 0. The van der Waals surface area contributed by atoms with Crippen molar-refractivity contribution >= 4 is 5.78 Å². The molecule has 3 nitrogen and oxygen atoms in total. The fraction of sp³-hybridized carbons (Fsp3) is 0.455. The van der Waals surface area contributed by atoms with E-state index in [4.69, 9.17) is 5.73 Å². The molecule has 0 fully saturated rings. The monoisotopic (exact) mass is 192 g/mol. The first-order valence-electron chi connectivity index (χ1n) is 4.91. The molecule has 0 aliphatic carbocycles. The molecule has 0 amide bonds. The second-order valence-corrected chi connectivity index (χ2v) is 3.38. The van der Waals surface area contributed by atoms with E-state index in [1.165, 1.54) is 0 Å². The van der Waals surface area contributed by atoms with E-state index in [1.807, 2.05) is 6.92 Å². The highest BCUT2D eigenvalue weighted by Gasteiger charge is 2.11. The van der Waals surface area contributed by atoms with Crippen molar-refractivity contribution < 1.29 is 4.79 Å². The van der Waals surface area contributed by atoms with E-state index < -0.39 is 0 Å². The average molecular weight is 192 g/mol. The molecule has 1 aromatic heterocycles. The first-order valence-corrected chi connectivity index (χ1v) is 4.91. The van der Waals surface area contributed by atoms with Gasteiger partial charge in [0.05, 0.1) is 0 Å². The van der Waals surface area contributed by atoms with Gasteiger partial charge in [-0.05, 0) is 24.6 Å². The van der Waals surface area contributed by atoms with Crippen molar-refractivity contribution in [3.8, 4) is 0 Å². The maximum absolute atomic E-state index is 11.7. The van der Waals surface area contributed by atoms with Gasteiger partial charge in [0.25, 0.3) is 0 Å². The summed E-state index contributed by atoms with van der Waals surface area (Å²) in [6.45, 7) is 2.62. The van der Waals surface area contributed by atoms with E-state index in [0.717, 1.165) is 6.42 Å². The van der Waals surface area contributed by atoms with Crippen LogP contribution in [0.4, 0.5) is 0 Å². The zero-order valence-electron chi connectivity index (χ0n) is 8.44. The minimum atomic E-state index is 0.135. The summed E-state index contributed by atoms with van der Waals surface area (Å²) in [5, 5.41) is 0. The molecule has 0 aromatic carbocycles. The van der Waals surface area contributed by atoms with Crippen molar-refractivity contribution in [3.63, 3.8) is 0 Å². The highest BCUT2D eigenvalue weighted by molar-refractivity contribution is 5.95. The summed E-state index contributed by atoms with van der Waals surface area (Å²) in [7, 11) is 0. The average Bonchev–Trinajstić information content (AvgIpc) is 2.26. The van der Waals surface area contributed by atoms with Crippen molar-refractivity contribution in [1.29, 1.82) is 0 Å². The lowest BCUT2D eigenvalue weighted by molar-refractivity contribution is 0.0961. The minimum absolute atomic E-state index is 0.135. The van der Waals surface area contributed by atoms with Crippen molar-refractivity contribution in [2.75, 3.05) is 6.54 Å². The van der Waals surface area contributed by atoms with Gasteiger partial charge in [-0.25, -0.2) is 0 Å². The molecule has 3 heteroatoms. The standard InChI is InChI=1S/C11H16N2O/c1-2-9(7-12)6-11(14)10-4-3-5-13-8-10/h3-5,8-9H,2,6-7,12H2,1H3. The molecule has 0 spiro atoms. The van der Waals surface area contributed by atoms with E-state index >= 15 is 0 Å². The summed E-state index contributed by atoms with van der Waals surface area (Å²) in [5.74, 6) is 0.429. The third-order valence-corrected chi connectivity index (χ3v) is 2.37. The van der Waals surface area contributed by atoms with E-state index in [0.29, 0.717) is 24.4 Å². The lowest BCUT2D eigenvalue weighted by Gasteiger charge is -2.10. The number of carbonyl (C=O) groups excluding carboxylic acids is 1. The Morgan fingerprint density at radius 1 is 1.64 bits per heavy atom. The number of hydrogen-bond acceptors (Lipinski definition) is 3. The number of Topliss-reactive ketones (excluding diaryl/α,β-unsaturated/α-hetero) is 1. The number of ketones is 1. The molecule has 1 aromatic rings. The van der Waals surface area contributed by atoms with Crippen LogP contribution in [0.25, 0.3) is 0 Å². The second-order valence-electron chi connectivity index (χ2n) is 3.38. The smallest absolute Gasteiger partial charge is 0.164 e. The fourth-order valence-corrected chi connectivity index (χ4v) is 1.30. The molecule has 0 saturated heterocycles. The van der Waals surface area contributed by atoms with Crippen molar-refractivity contribution in [2.45, 2.75) is 19.8 Å². The lowest BCUT2D eigenvalue weighted by Crippen LogP contribution is -2.17. The number of rotatable bonds is 5. The Labute approximate surface area is 84.3 Å². The Morgan fingerprint density at radius 3 is 2.93 bits per heavy atom. The molecular weight excluding hydrogens is 176 g/mol. The first-order chi connectivity index (χ1) is 6.77. The molecule has 1 heterocycles. The van der Waals surface area contributed by atoms with Gasteiger partial charge in [-0.3, -0.25) is 9.78 Å². The number of carbonyl (C=O) groups is 1. The van der Waals surface area contributed by atoms with Gasteiger partial charge < -0.3 is 5.73 Å². The van der Waals surface area contributed by atoms with E-state index in [9.17, 15) is 4.79 Å². The second kappa shape index (κ2) is 5.50. The molecule has 2 N–H and O–H groups in total. The van der Waals surface area contributed by atoms with Crippen LogP contribution in [0.3, 0.4) is 0 Å². The van der Waals surface area contributed by atoms with Gasteiger partial charge in [0, 0.05) is 24.4 Å². The molecular formula is C11H16N2O. The fourth-order valence-electron chi connectivity index (χ4n) is 1.30. The number of nitrogens with zero attached hydrogens (tertiary/aromatic N) is 1. The van der Waals surface area contributed by atoms with Crippen LogP contribution in [0.2, 0.25) is 0 Å². The predicted molar refractivity (Wildman–Crippen MR) is 56.0 cm³/mol. The highest BCUT2D eigenvalue weighted by Crippen LogP contribution is 2.11. The molecule has 1 atom stereocenters. The largest absolute Gasteiger partial charge is 0.330 e. The van der Waals surface area contributed by atoms with Gasteiger partial charge >= 0.3 is 0 Å². The molecule has 1 unspecified atom stereocenters. The van der Waals surface area contributed by atoms with E-state index in [-0.39, 0.29) is 5.78 Å². The SMILES string of the molecule is CCC(CN)CC(=O)c1cccnc1. The number of aromatic nitrogens is 1. The Balaban J connectivity index is 2.59. The number of nitrogens with two attached hydrogens (primary N) is 1. The van der Waals surface area contributed by atoms with Gasteiger partial charge in [-0.2, -0.15) is 0 Å². The van der Waals surface area contributed by atoms with Gasteiger partial charge in [-0.15, -0.1) is 0 Å². The summed E-state index contributed by atoms with van der Waals surface area (Å²) in [6, 6.07) is 3.56. The molecule has 0 saturated carbocycles. The maximum atomic E-state index is 11.7. The van der Waals surface area contributed by atoms with E-state index in [2.05, 4.69) is 4.98 Å². The maximum Gasteiger partial charge on any atom is 0.164 e. The Hall–Kier alpha value is -1.22. The van der Waals surface area contributed by atoms with Crippen molar-refractivity contribution in [3.05, 3.63) is 30.1 Å². The third-order valence-electron chi connectivity index (χ3n) is 2.37. The minimum Gasteiger partial charge on any atom is -0.330 e. The lowest BCUT2D eigenvalue weighted by atomic mass is 9.97. The van der Waals surface area contributed by atoms with Crippen LogP contribution in [0.5, 0.6) is 0 Å². The van der Waals surface area contributed by atoms with Gasteiger partial charge in [-0.1, -0.05) is 13.3 Å². The highest BCUT2D eigenvalue weighted by atomic mass is 16.1. The molecule has 0 bridgehead atoms. The first kappa shape index (κ1) is 10.9. The molecule has 0 aliphatic heterocycles. The normalized spacial score (nSPS) is 12.4. The van der Waals surface area contributed by atoms with Gasteiger partial charge in [0.15, 0.2) is 5.78 Å². The summed E-state index contributed by atoms with van der Waals surface area (Å²) in [4.78, 5) is 15.6. The van der Waals surface area contributed by atoms with Crippen LogP contribution in [-0.4, -0.2) is 17.3 Å². The summed E-state index contributed by atoms with van der Waals surface area (Å²) < 4.78 is 0. The predicted octanol–water partition coefficient (Wildman–Crippen LogP) is 1.64. The van der Waals surface area contributed by atoms with Crippen molar-refractivity contribution in [1.82, 2.24) is 4.98 Å². The van der Waals surface area contributed by atoms with Crippen molar-refractivity contribution in [2.24, 2.45) is 11.7 Å². The number of hydrogen-bond donors (Lipinski definition) is 1. The quantitative estimate of drug-likeness (QED) is 0.721. The Morgan fingerprint density at radius 2 is 2.43 bits per heavy atom. The zero-order valence-corrected chi connectivity index (χ0v) is 8.44. The summed E-state index contributed by atoms with van der Waals surface area (Å²) in [5.41, 5.74) is 6.22.